The zero-order valence-corrected chi connectivity index (χ0v) is 17.8. The maximum absolute atomic E-state index is 5.83. The summed E-state index contributed by atoms with van der Waals surface area (Å²) in [5.41, 5.74) is 2.10. The normalized spacial score (nSPS) is 21.5. The number of fused-ring (bicyclic) bond motifs is 1. The van der Waals surface area contributed by atoms with Crippen molar-refractivity contribution in [1.82, 2.24) is 20.1 Å². The molecule has 1 N–H and O–H groups in total. The van der Waals surface area contributed by atoms with Crippen LogP contribution in [0.3, 0.4) is 0 Å². The van der Waals surface area contributed by atoms with Gasteiger partial charge in [0.25, 0.3) is 0 Å². The Bertz CT molecular complexity index is 726. The van der Waals surface area contributed by atoms with Crippen molar-refractivity contribution in [3.63, 3.8) is 0 Å². The Morgan fingerprint density at radius 2 is 2.12 bits per heavy atom. The van der Waals surface area contributed by atoms with Crippen molar-refractivity contribution < 1.29 is 4.74 Å². The molecular weight excluding hydrogens is 342 g/mol. The van der Waals surface area contributed by atoms with Gasteiger partial charge < -0.3 is 15.0 Å². The quantitative estimate of drug-likeness (QED) is 0.594. The number of pyridine rings is 1. The number of piperidine rings is 1. The molecule has 6 nitrogen and oxygen atoms in total. The molecule has 1 fully saturated rings. The SMILES string of the molecule is CN[C@H]1CCN(c2cnc3c(cnn3COCC[Si](C)(C)C)c2)[C@@H](C)C1. The number of aromatic nitrogens is 3. The third kappa shape index (κ3) is 4.63. The molecule has 0 bridgehead atoms. The van der Waals surface area contributed by atoms with Gasteiger partial charge in [-0.05, 0) is 38.9 Å². The van der Waals surface area contributed by atoms with E-state index in [2.05, 4.69) is 60.0 Å². The Kier molecular flexibility index (Phi) is 5.99. The molecule has 2 atom stereocenters. The lowest BCUT2D eigenvalue weighted by Gasteiger charge is -2.39. The lowest BCUT2D eigenvalue weighted by atomic mass is 9.98. The van der Waals surface area contributed by atoms with Gasteiger partial charge in [0.05, 0.1) is 18.1 Å². The Labute approximate surface area is 157 Å². The first-order chi connectivity index (χ1) is 12.4. The second kappa shape index (κ2) is 8.06. The third-order valence-electron chi connectivity index (χ3n) is 5.29. The highest BCUT2D eigenvalue weighted by Gasteiger charge is 2.25. The van der Waals surface area contributed by atoms with Crippen molar-refractivity contribution in [2.24, 2.45) is 0 Å². The van der Waals surface area contributed by atoms with E-state index in [1.54, 1.807) is 0 Å². The van der Waals surface area contributed by atoms with E-state index in [4.69, 9.17) is 4.74 Å². The van der Waals surface area contributed by atoms with Gasteiger partial charge in [0.1, 0.15) is 6.73 Å². The first kappa shape index (κ1) is 19.3. The molecule has 3 rings (SSSR count). The Morgan fingerprint density at radius 1 is 1.31 bits per heavy atom. The van der Waals surface area contributed by atoms with E-state index in [9.17, 15) is 0 Å². The summed E-state index contributed by atoms with van der Waals surface area (Å²) in [7, 11) is 1.00. The molecule has 144 valence electrons. The first-order valence-corrected chi connectivity index (χ1v) is 13.4. The highest BCUT2D eigenvalue weighted by atomic mass is 28.3. The summed E-state index contributed by atoms with van der Waals surface area (Å²) in [6.45, 7) is 11.7. The summed E-state index contributed by atoms with van der Waals surface area (Å²) in [5, 5.41) is 8.96. The molecule has 2 aromatic heterocycles. The van der Waals surface area contributed by atoms with Gasteiger partial charge in [-0.15, -0.1) is 0 Å². The zero-order chi connectivity index (χ0) is 18.7. The smallest absolute Gasteiger partial charge is 0.160 e. The lowest BCUT2D eigenvalue weighted by Crippen LogP contribution is -2.46. The van der Waals surface area contributed by atoms with Gasteiger partial charge >= 0.3 is 0 Å². The number of rotatable bonds is 7. The van der Waals surface area contributed by atoms with Crippen molar-refractivity contribution in [1.29, 1.82) is 0 Å². The number of nitrogens with zero attached hydrogens (tertiary/aromatic N) is 4. The molecule has 7 heteroatoms. The van der Waals surface area contributed by atoms with Gasteiger partial charge in [0.2, 0.25) is 0 Å². The average Bonchev–Trinajstić information content (AvgIpc) is 3.00. The van der Waals surface area contributed by atoms with Crippen molar-refractivity contribution in [3.05, 3.63) is 18.5 Å². The molecule has 26 heavy (non-hydrogen) atoms. The van der Waals surface area contributed by atoms with E-state index in [0.717, 1.165) is 24.2 Å². The van der Waals surface area contributed by atoms with Crippen LogP contribution < -0.4 is 10.2 Å². The van der Waals surface area contributed by atoms with Crippen LogP contribution in [0.15, 0.2) is 18.5 Å². The topological polar surface area (TPSA) is 55.2 Å². The monoisotopic (exact) mass is 375 g/mol. The van der Waals surface area contributed by atoms with Gasteiger partial charge in [0.15, 0.2) is 5.65 Å². The molecule has 0 radical (unpaired) electrons. The van der Waals surface area contributed by atoms with E-state index in [1.165, 1.54) is 24.6 Å². The second-order valence-electron chi connectivity index (χ2n) is 8.65. The van der Waals surface area contributed by atoms with E-state index in [1.807, 2.05) is 17.1 Å². The lowest BCUT2D eigenvalue weighted by molar-refractivity contribution is 0.0813. The van der Waals surface area contributed by atoms with E-state index >= 15 is 0 Å². The third-order valence-corrected chi connectivity index (χ3v) is 6.99. The van der Waals surface area contributed by atoms with Crippen molar-refractivity contribution in [3.8, 4) is 0 Å². The largest absolute Gasteiger partial charge is 0.367 e. The highest BCUT2D eigenvalue weighted by Crippen LogP contribution is 2.26. The van der Waals surface area contributed by atoms with Crippen LogP contribution in [0.1, 0.15) is 19.8 Å². The van der Waals surface area contributed by atoms with Gasteiger partial charge in [0, 0.05) is 38.7 Å². The Hall–Kier alpha value is -1.44. The predicted octanol–water partition coefficient (Wildman–Crippen LogP) is 3.32. The standard InChI is InChI=1S/C19H33N5OSi/c1-15-10-17(20-2)6-7-23(15)18-11-16-12-22-24(19(16)21-13-18)14-25-8-9-26(3,4)5/h11-13,15,17,20H,6-10,14H2,1-5H3/t15-,17-/m0/s1. The molecule has 1 saturated heterocycles. The molecule has 0 amide bonds. The molecule has 0 aliphatic carbocycles. The Morgan fingerprint density at radius 3 is 2.81 bits per heavy atom. The molecule has 3 heterocycles. The van der Waals surface area contributed by atoms with E-state index in [-0.39, 0.29) is 0 Å². The number of hydrogen-bond donors (Lipinski definition) is 1. The summed E-state index contributed by atoms with van der Waals surface area (Å²) >= 11 is 0. The summed E-state index contributed by atoms with van der Waals surface area (Å²) in [5.74, 6) is 0. The second-order valence-corrected chi connectivity index (χ2v) is 14.3. The first-order valence-electron chi connectivity index (χ1n) is 9.70. The molecule has 0 aromatic carbocycles. The minimum Gasteiger partial charge on any atom is -0.367 e. The molecule has 1 aliphatic heterocycles. The molecule has 1 aliphatic rings. The minimum atomic E-state index is -1.05. The fourth-order valence-electron chi connectivity index (χ4n) is 3.56. The number of anilines is 1. The van der Waals surface area contributed by atoms with Crippen LogP contribution in [-0.4, -0.2) is 55.1 Å². The molecule has 2 aromatic rings. The van der Waals surface area contributed by atoms with Gasteiger partial charge in [-0.1, -0.05) is 19.6 Å². The predicted molar refractivity (Wildman–Crippen MR) is 111 cm³/mol. The summed E-state index contributed by atoms with van der Waals surface area (Å²) in [6.07, 6.45) is 6.22. The summed E-state index contributed by atoms with van der Waals surface area (Å²) in [4.78, 5) is 7.15. The maximum atomic E-state index is 5.83. The van der Waals surface area contributed by atoms with Crippen LogP contribution in [-0.2, 0) is 11.5 Å². The van der Waals surface area contributed by atoms with Gasteiger partial charge in [-0.25, -0.2) is 9.67 Å². The Balaban J connectivity index is 1.65. The number of hydrogen-bond acceptors (Lipinski definition) is 5. The van der Waals surface area contributed by atoms with Crippen LogP contribution >= 0.6 is 0 Å². The fraction of sp³-hybridized carbons (Fsp3) is 0.684. The van der Waals surface area contributed by atoms with Crippen molar-refractivity contribution in [2.75, 3.05) is 25.1 Å². The minimum absolute atomic E-state index is 0.476. The summed E-state index contributed by atoms with van der Waals surface area (Å²) < 4.78 is 7.69. The van der Waals surface area contributed by atoms with Crippen molar-refractivity contribution >= 4 is 24.8 Å². The zero-order valence-electron chi connectivity index (χ0n) is 16.8. The number of nitrogens with one attached hydrogen (secondary N) is 1. The van der Waals surface area contributed by atoms with E-state index < -0.39 is 8.07 Å². The average molecular weight is 376 g/mol. The molecule has 0 unspecified atom stereocenters. The molecule has 0 spiro atoms. The van der Waals surface area contributed by atoms with Crippen LogP contribution in [0.2, 0.25) is 25.7 Å². The van der Waals surface area contributed by atoms with Crippen LogP contribution in [0.5, 0.6) is 0 Å². The van der Waals surface area contributed by atoms with Gasteiger partial charge in [-0.2, -0.15) is 5.10 Å². The fourth-order valence-corrected chi connectivity index (χ4v) is 4.32. The summed E-state index contributed by atoms with van der Waals surface area (Å²) in [6, 6.07) is 4.52. The van der Waals surface area contributed by atoms with Crippen LogP contribution in [0, 0.1) is 0 Å². The highest BCUT2D eigenvalue weighted by molar-refractivity contribution is 6.76. The molecular formula is C19H33N5OSi. The van der Waals surface area contributed by atoms with Crippen LogP contribution in [0.25, 0.3) is 11.0 Å². The number of ether oxygens (including phenoxy) is 1. The van der Waals surface area contributed by atoms with Crippen LogP contribution in [0.4, 0.5) is 5.69 Å². The van der Waals surface area contributed by atoms with E-state index in [0.29, 0.717) is 18.8 Å². The maximum Gasteiger partial charge on any atom is 0.160 e. The molecule has 0 saturated carbocycles. The van der Waals surface area contributed by atoms with Gasteiger partial charge in [-0.3, -0.25) is 0 Å². The van der Waals surface area contributed by atoms with Crippen molar-refractivity contribution in [2.45, 2.75) is 64.3 Å².